The SMILES string of the molecule is Cc1c(CN)oc2ccc(Cl)cc12.Cl. The minimum atomic E-state index is 0. The maximum Gasteiger partial charge on any atom is 0.134 e. The van der Waals surface area contributed by atoms with Crippen LogP contribution in [0.5, 0.6) is 0 Å². The number of furan rings is 1. The number of halogens is 2. The lowest BCUT2D eigenvalue weighted by Crippen LogP contribution is -1.95. The molecule has 0 unspecified atom stereocenters. The monoisotopic (exact) mass is 231 g/mol. The molecule has 1 heterocycles. The van der Waals surface area contributed by atoms with Gasteiger partial charge >= 0.3 is 0 Å². The first-order valence-corrected chi connectivity index (χ1v) is 4.48. The summed E-state index contributed by atoms with van der Waals surface area (Å²) in [4.78, 5) is 0. The molecule has 0 bridgehead atoms. The van der Waals surface area contributed by atoms with Crippen LogP contribution in [0.1, 0.15) is 11.3 Å². The Hall–Kier alpha value is -0.700. The molecule has 2 rings (SSSR count). The van der Waals surface area contributed by atoms with Crippen molar-refractivity contribution in [2.24, 2.45) is 5.73 Å². The molecule has 0 radical (unpaired) electrons. The second-order valence-corrected chi connectivity index (χ2v) is 3.43. The van der Waals surface area contributed by atoms with Crippen LogP contribution in [0.25, 0.3) is 11.0 Å². The van der Waals surface area contributed by atoms with E-state index in [1.54, 1.807) is 0 Å². The van der Waals surface area contributed by atoms with E-state index < -0.39 is 0 Å². The van der Waals surface area contributed by atoms with Crippen molar-refractivity contribution in [1.29, 1.82) is 0 Å². The third kappa shape index (κ3) is 1.73. The predicted octanol–water partition coefficient (Wildman–Crippen LogP) is 3.28. The van der Waals surface area contributed by atoms with Gasteiger partial charge < -0.3 is 10.2 Å². The Kier molecular flexibility index (Phi) is 3.43. The van der Waals surface area contributed by atoms with Crippen LogP contribution in [0, 0.1) is 6.92 Å². The maximum atomic E-state index is 5.87. The molecule has 4 heteroatoms. The Bertz CT molecular complexity index is 451. The largest absolute Gasteiger partial charge is 0.459 e. The maximum absolute atomic E-state index is 5.87. The molecule has 2 nitrogen and oxygen atoms in total. The van der Waals surface area contributed by atoms with Gasteiger partial charge in [0.1, 0.15) is 11.3 Å². The molecule has 0 atom stereocenters. The fourth-order valence-corrected chi connectivity index (χ4v) is 1.61. The lowest BCUT2D eigenvalue weighted by atomic mass is 10.1. The Labute approximate surface area is 93.4 Å². The van der Waals surface area contributed by atoms with Gasteiger partial charge in [-0.25, -0.2) is 0 Å². The van der Waals surface area contributed by atoms with E-state index in [1.807, 2.05) is 25.1 Å². The smallest absolute Gasteiger partial charge is 0.134 e. The predicted molar refractivity (Wildman–Crippen MR) is 61.1 cm³/mol. The van der Waals surface area contributed by atoms with Crippen LogP contribution in [0.3, 0.4) is 0 Å². The molecule has 14 heavy (non-hydrogen) atoms. The van der Waals surface area contributed by atoms with E-state index in [9.17, 15) is 0 Å². The van der Waals surface area contributed by atoms with Gasteiger partial charge in [0.2, 0.25) is 0 Å². The van der Waals surface area contributed by atoms with Crippen LogP contribution in [0.4, 0.5) is 0 Å². The van der Waals surface area contributed by atoms with Crippen molar-refractivity contribution >= 4 is 35.0 Å². The lowest BCUT2D eigenvalue weighted by molar-refractivity contribution is 0.548. The summed E-state index contributed by atoms with van der Waals surface area (Å²) < 4.78 is 5.52. The van der Waals surface area contributed by atoms with Gasteiger partial charge in [-0.2, -0.15) is 0 Å². The van der Waals surface area contributed by atoms with Crippen molar-refractivity contribution in [2.45, 2.75) is 13.5 Å². The quantitative estimate of drug-likeness (QED) is 0.819. The summed E-state index contributed by atoms with van der Waals surface area (Å²) in [7, 11) is 0. The van der Waals surface area contributed by atoms with Crippen LogP contribution >= 0.6 is 24.0 Å². The highest BCUT2D eigenvalue weighted by Gasteiger charge is 2.08. The lowest BCUT2D eigenvalue weighted by Gasteiger charge is -1.90. The number of hydrogen-bond acceptors (Lipinski definition) is 2. The van der Waals surface area contributed by atoms with Crippen molar-refractivity contribution in [2.75, 3.05) is 0 Å². The first-order chi connectivity index (χ1) is 6.22. The zero-order valence-corrected chi connectivity index (χ0v) is 9.28. The van der Waals surface area contributed by atoms with Crippen LogP contribution in [0.2, 0.25) is 5.02 Å². The molecule has 1 aromatic carbocycles. The average molecular weight is 232 g/mol. The van der Waals surface area contributed by atoms with Gasteiger partial charge in [-0.05, 0) is 30.7 Å². The number of benzene rings is 1. The van der Waals surface area contributed by atoms with Gasteiger partial charge in [0.05, 0.1) is 6.54 Å². The summed E-state index contributed by atoms with van der Waals surface area (Å²) >= 11 is 5.87. The summed E-state index contributed by atoms with van der Waals surface area (Å²) in [6.45, 7) is 2.42. The van der Waals surface area contributed by atoms with E-state index in [2.05, 4.69) is 0 Å². The molecular weight excluding hydrogens is 221 g/mol. The fourth-order valence-electron chi connectivity index (χ4n) is 1.44. The summed E-state index contributed by atoms with van der Waals surface area (Å²) in [6, 6.07) is 5.58. The number of hydrogen-bond donors (Lipinski definition) is 1. The molecule has 0 aliphatic carbocycles. The Balaban J connectivity index is 0.000000980. The first-order valence-electron chi connectivity index (χ1n) is 4.10. The van der Waals surface area contributed by atoms with Crippen molar-refractivity contribution in [3.63, 3.8) is 0 Å². The van der Waals surface area contributed by atoms with Crippen molar-refractivity contribution in [3.8, 4) is 0 Å². The Morgan fingerprint density at radius 2 is 2.14 bits per heavy atom. The number of nitrogens with two attached hydrogens (primary N) is 1. The first kappa shape index (κ1) is 11.4. The number of aryl methyl sites for hydroxylation is 1. The molecule has 1 aromatic heterocycles. The highest BCUT2D eigenvalue weighted by molar-refractivity contribution is 6.31. The molecule has 0 amide bonds. The molecule has 0 saturated heterocycles. The van der Waals surface area contributed by atoms with Crippen molar-refractivity contribution < 1.29 is 4.42 Å². The normalized spacial score (nSPS) is 10.2. The molecule has 0 fully saturated rings. The fraction of sp³-hybridized carbons (Fsp3) is 0.200. The van der Waals surface area contributed by atoms with Crippen molar-refractivity contribution in [3.05, 3.63) is 34.5 Å². The minimum Gasteiger partial charge on any atom is -0.459 e. The molecule has 0 spiro atoms. The molecule has 2 N–H and O–H groups in total. The van der Waals surface area contributed by atoms with Crippen LogP contribution in [-0.2, 0) is 6.54 Å². The van der Waals surface area contributed by atoms with Crippen molar-refractivity contribution in [1.82, 2.24) is 0 Å². The molecule has 0 saturated carbocycles. The van der Waals surface area contributed by atoms with E-state index in [1.165, 1.54) is 0 Å². The molecule has 0 aliphatic heterocycles. The van der Waals surface area contributed by atoms with E-state index in [-0.39, 0.29) is 12.4 Å². The molecule has 76 valence electrons. The second kappa shape index (κ2) is 4.22. The number of rotatable bonds is 1. The van der Waals surface area contributed by atoms with Gasteiger partial charge in [0, 0.05) is 10.4 Å². The van der Waals surface area contributed by atoms with Gasteiger partial charge in [-0.1, -0.05) is 11.6 Å². The summed E-state index contributed by atoms with van der Waals surface area (Å²) in [5, 5.41) is 1.77. The third-order valence-corrected chi connectivity index (χ3v) is 2.42. The zero-order valence-electron chi connectivity index (χ0n) is 7.71. The average Bonchev–Trinajstić information content (AvgIpc) is 2.44. The van der Waals surface area contributed by atoms with E-state index in [0.29, 0.717) is 6.54 Å². The second-order valence-electron chi connectivity index (χ2n) is 2.99. The topological polar surface area (TPSA) is 39.2 Å². The molecule has 2 aromatic rings. The standard InChI is InChI=1S/C10H10ClNO.ClH/c1-6-8-4-7(11)2-3-9(8)13-10(6)5-12;/h2-4H,5,12H2,1H3;1H. The Morgan fingerprint density at radius 3 is 2.79 bits per heavy atom. The van der Waals surface area contributed by atoms with E-state index in [4.69, 9.17) is 21.8 Å². The van der Waals surface area contributed by atoms with Gasteiger partial charge in [0.25, 0.3) is 0 Å². The van der Waals surface area contributed by atoms with Crippen LogP contribution < -0.4 is 5.73 Å². The zero-order chi connectivity index (χ0) is 9.42. The van der Waals surface area contributed by atoms with Gasteiger partial charge in [-0.3, -0.25) is 0 Å². The van der Waals surface area contributed by atoms with Crippen LogP contribution in [-0.4, -0.2) is 0 Å². The van der Waals surface area contributed by atoms with Gasteiger partial charge in [0.15, 0.2) is 0 Å². The third-order valence-electron chi connectivity index (χ3n) is 2.18. The summed E-state index contributed by atoms with van der Waals surface area (Å²) in [5.74, 6) is 0.831. The van der Waals surface area contributed by atoms with Gasteiger partial charge in [-0.15, -0.1) is 12.4 Å². The van der Waals surface area contributed by atoms with E-state index in [0.717, 1.165) is 27.3 Å². The summed E-state index contributed by atoms with van der Waals surface area (Å²) in [5.41, 5.74) is 7.46. The highest BCUT2D eigenvalue weighted by Crippen LogP contribution is 2.27. The van der Waals surface area contributed by atoms with Crippen LogP contribution in [0.15, 0.2) is 22.6 Å². The Morgan fingerprint density at radius 1 is 1.43 bits per heavy atom. The minimum absolute atomic E-state index is 0. The number of fused-ring (bicyclic) bond motifs is 1. The molecule has 0 aliphatic rings. The summed E-state index contributed by atoms with van der Waals surface area (Å²) in [6.07, 6.45) is 0. The highest BCUT2D eigenvalue weighted by atomic mass is 35.5. The molecular formula is C10H11Cl2NO. The van der Waals surface area contributed by atoms with E-state index >= 15 is 0 Å².